The van der Waals surface area contributed by atoms with E-state index in [4.69, 9.17) is 4.74 Å². The fraction of sp³-hybridized carbons (Fsp3) is 0.667. The molecule has 1 aromatic rings. The van der Waals surface area contributed by atoms with E-state index in [9.17, 15) is 4.79 Å². The average Bonchev–Trinajstić information content (AvgIpc) is 2.66. The highest BCUT2D eigenvalue weighted by Gasteiger charge is 2.15. The van der Waals surface area contributed by atoms with Gasteiger partial charge >= 0.3 is 0 Å². The van der Waals surface area contributed by atoms with Gasteiger partial charge in [-0.05, 0) is 56.0 Å². The van der Waals surface area contributed by atoms with E-state index in [0.29, 0.717) is 18.9 Å². The number of anilines is 1. The largest absolute Gasteiger partial charge is 0.378 e. The highest BCUT2D eigenvalue weighted by atomic mass is 16.5. The van der Waals surface area contributed by atoms with Gasteiger partial charge in [0.15, 0.2) is 0 Å². The molecule has 3 rings (SSSR count). The van der Waals surface area contributed by atoms with Gasteiger partial charge < -0.3 is 20.3 Å². The molecule has 6 heteroatoms. The molecule has 0 atom stereocenters. The number of rotatable bonds is 6. The lowest BCUT2D eigenvalue weighted by molar-refractivity contribution is -0.121. The van der Waals surface area contributed by atoms with Crippen LogP contribution in [0.15, 0.2) is 18.3 Å². The number of morpholine rings is 1. The normalized spacial score (nSPS) is 19.2. The number of carbonyl (C=O) groups excluding carboxylic acids is 1. The molecule has 0 aliphatic carbocycles. The summed E-state index contributed by atoms with van der Waals surface area (Å²) in [5, 5.41) is 6.41. The monoisotopic (exact) mass is 332 g/mol. The van der Waals surface area contributed by atoms with Crippen molar-refractivity contribution >= 4 is 11.7 Å². The first-order chi connectivity index (χ1) is 11.8. The number of nitrogens with zero attached hydrogens (tertiary/aromatic N) is 2. The molecule has 6 nitrogen and oxygen atoms in total. The molecule has 2 saturated heterocycles. The minimum absolute atomic E-state index is 0.151. The highest BCUT2D eigenvalue weighted by molar-refractivity contribution is 5.75. The zero-order valence-electron chi connectivity index (χ0n) is 14.3. The van der Waals surface area contributed by atoms with Gasteiger partial charge in [-0.1, -0.05) is 0 Å². The number of piperidine rings is 1. The number of aromatic nitrogens is 1. The van der Waals surface area contributed by atoms with Gasteiger partial charge in [-0.3, -0.25) is 4.79 Å². The van der Waals surface area contributed by atoms with Crippen LogP contribution in [0.5, 0.6) is 0 Å². The molecular formula is C18H28N4O2. The predicted molar refractivity (Wildman–Crippen MR) is 93.9 cm³/mol. The van der Waals surface area contributed by atoms with E-state index in [1.165, 1.54) is 12.8 Å². The van der Waals surface area contributed by atoms with E-state index in [-0.39, 0.29) is 5.91 Å². The van der Waals surface area contributed by atoms with Gasteiger partial charge in [0.2, 0.25) is 5.91 Å². The van der Waals surface area contributed by atoms with Crippen molar-refractivity contribution in [1.29, 1.82) is 0 Å². The second kappa shape index (κ2) is 8.99. The number of carbonyl (C=O) groups is 1. The highest BCUT2D eigenvalue weighted by Crippen LogP contribution is 2.18. The smallest absolute Gasteiger partial charge is 0.220 e. The van der Waals surface area contributed by atoms with Crippen molar-refractivity contribution in [2.45, 2.75) is 32.2 Å². The Labute approximate surface area is 144 Å². The number of hydrogen-bond donors (Lipinski definition) is 2. The molecule has 0 saturated carbocycles. The van der Waals surface area contributed by atoms with Crippen molar-refractivity contribution in [2.75, 3.05) is 44.3 Å². The van der Waals surface area contributed by atoms with Crippen molar-refractivity contribution in [3.05, 3.63) is 23.9 Å². The number of nitrogens with one attached hydrogen (secondary N) is 2. The molecule has 0 radical (unpaired) electrons. The molecule has 132 valence electrons. The lowest BCUT2D eigenvalue weighted by atomic mass is 9.93. The third kappa shape index (κ3) is 5.18. The van der Waals surface area contributed by atoms with E-state index < -0.39 is 0 Å². The topological polar surface area (TPSA) is 66.5 Å². The fourth-order valence-corrected chi connectivity index (χ4v) is 3.33. The Morgan fingerprint density at radius 2 is 2.12 bits per heavy atom. The van der Waals surface area contributed by atoms with E-state index >= 15 is 0 Å². The summed E-state index contributed by atoms with van der Waals surface area (Å²) in [4.78, 5) is 18.7. The second-order valence-electron chi connectivity index (χ2n) is 6.63. The van der Waals surface area contributed by atoms with Gasteiger partial charge in [-0.2, -0.15) is 0 Å². The summed E-state index contributed by atoms with van der Waals surface area (Å²) in [5.41, 5.74) is 1.10. The van der Waals surface area contributed by atoms with Gasteiger partial charge in [0.1, 0.15) is 5.82 Å². The number of pyridine rings is 1. The molecule has 24 heavy (non-hydrogen) atoms. The van der Waals surface area contributed by atoms with Gasteiger partial charge in [-0.15, -0.1) is 0 Å². The minimum Gasteiger partial charge on any atom is -0.378 e. The Bertz CT molecular complexity index is 526. The standard InChI is InChI=1S/C18H28N4O2/c23-18(2-1-15-3-6-19-7-4-15)21-14-16-5-8-20-17(13-16)22-9-11-24-12-10-22/h5,8,13,15,19H,1-4,6-7,9-12,14H2,(H,21,23). The Morgan fingerprint density at radius 3 is 2.92 bits per heavy atom. The van der Waals surface area contributed by atoms with Crippen LogP contribution in [0, 0.1) is 5.92 Å². The maximum absolute atomic E-state index is 12.1. The van der Waals surface area contributed by atoms with Crippen molar-refractivity contribution in [1.82, 2.24) is 15.6 Å². The summed E-state index contributed by atoms with van der Waals surface area (Å²) >= 11 is 0. The molecule has 0 unspecified atom stereocenters. The summed E-state index contributed by atoms with van der Waals surface area (Å²) in [7, 11) is 0. The second-order valence-corrected chi connectivity index (χ2v) is 6.63. The summed E-state index contributed by atoms with van der Waals surface area (Å²) < 4.78 is 5.38. The maximum Gasteiger partial charge on any atom is 0.220 e. The van der Waals surface area contributed by atoms with Gasteiger partial charge in [0, 0.05) is 32.3 Å². The zero-order chi connectivity index (χ0) is 16.6. The van der Waals surface area contributed by atoms with Crippen LogP contribution in [0.2, 0.25) is 0 Å². The van der Waals surface area contributed by atoms with Crippen LogP contribution in [0.4, 0.5) is 5.82 Å². The lowest BCUT2D eigenvalue weighted by Crippen LogP contribution is -2.36. The molecule has 2 N–H and O–H groups in total. The van der Waals surface area contributed by atoms with E-state index in [1.54, 1.807) is 0 Å². The van der Waals surface area contributed by atoms with Crippen molar-refractivity contribution in [3.8, 4) is 0 Å². The first-order valence-corrected chi connectivity index (χ1v) is 9.06. The number of ether oxygens (including phenoxy) is 1. The average molecular weight is 332 g/mol. The van der Waals surface area contributed by atoms with E-state index in [2.05, 4.69) is 26.6 Å². The van der Waals surface area contributed by atoms with Crippen LogP contribution in [0.3, 0.4) is 0 Å². The molecule has 1 aromatic heterocycles. The number of amides is 1. The maximum atomic E-state index is 12.1. The van der Waals surface area contributed by atoms with Gasteiger partial charge in [0.25, 0.3) is 0 Å². The molecular weight excluding hydrogens is 304 g/mol. The minimum atomic E-state index is 0.151. The Morgan fingerprint density at radius 1 is 1.33 bits per heavy atom. The summed E-state index contributed by atoms with van der Waals surface area (Å²) in [6, 6.07) is 4.04. The van der Waals surface area contributed by atoms with Gasteiger partial charge in [0.05, 0.1) is 13.2 Å². The summed E-state index contributed by atoms with van der Waals surface area (Å²) in [5.74, 6) is 1.82. The van der Waals surface area contributed by atoms with Crippen molar-refractivity contribution in [2.24, 2.45) is 5.92 Å². The first kappa shape index (κ1) is 17.2. The predicted octanol–water partition coefficient (Wildman–Crippen LogP) is 1.31. The molecule has 0 aromatic carbocycles. The quantitative estimate of drug-likeness (QED) is 0.822. The Balaban J connectivity index is 1.42. The third-order valence-corrected chi connectivity index (χ3v) is 4.87. The SMILES string of the molecule is O=C(CCC1CCNCC1)NCc1ccnc(N2CCOCC2)c1. The molecule has 1 amide bonds. The van der Waals surface area contributed by atoms with E-state index in [0.717, 1.165) is 57.2 Å². The Hall–Kier alpha value is -1.66. The fourth-order valence-electron chi connectivity index (χ4n) is 3.33. The van der Waals surface area contributed by atoms with Crippen LogP contribution in [0.1, 0.15) is 31.2 Å². The lowest BCUT2D eigenvalue weighted by Gasteiger charge is -2.28. The van der Waals surface area contributed by atoms with Crippen LogP contribution in [0.25, 0.3) is 0 Å². The van der Waals surface area contributed by atoms with Crippen molar-refractivity contribution < 1.29 is 9.53 Å². The molecule has 3 heterocycles. The first-order valence-electron chi connectivity index (χ1n) is 9.06. The summed E-state index contributed by atoms with van der Waals surface area (Å²) in [6.45, 7) is 6.00. The third-order valence-electron chi connectivity index (χ3n) is 4.87. The van der Waals surface area contributed by atoms with Crippen LogP contribution in [-0.4, -0.2) is 50.3 Å². The van der Waals surface area contributed by atoms with E-state index in [1.807, 2.05) is 12.3 Å². The molecule has 0 bridgehead atoms. The Kier molecular flexibility index (Phi) is 6.43. The van der Waals surface area contributed by atoms with Crippen LogP contribution < -0.4 is 15.5 Å². The molecule has 2 aliphatic rings. The number of hydrogen-bond acceptors (Lipinski definition) is 5. The molecule has 0 spiro atoms. The van der Waals surface area contributed by atoms with Crippen molar-refractivity contribution in [3.63, 3.8) is 0 Å². The molecule has 2 fully saturated rings. The van der Waals surface area contributed by atoms with Crippen LogP contribution >= 0.6 is 0 Å². The van der Waals surface area contributed by atoms with Gasteiger partial charge in [-0.25, -0.2) is 4.98 Å². The summed E-state index contributed by atoms with van der Waals surface area (Å²) in [6.07, 6.45) is 5.84. The molecule has 2 aliphatic heterocycles. The zero-order valence-corrected chi connectivity index (χ0v) is 14.3. The van der Waals surface area contributed by atoms with Crippen LogP contribution in [-0.2, 0) is 16.1 Å².